The molecule has 0 radical (unpaired) electrons. The van der Waals surface area contributed by atoms with E-state index in [4.69, 9.17) is 9.47 Å². The monoisotopic (exact) mass is 240 g/mol. The van der Waals surface area contributed by atoms with E-state index >= 15 is 0 Å². The lowest BCUT2D eigenvalue weighted by Crippen LogP contribution is -2.19. The molecule has 2 unspecified atom stereocenters. The standard InChI is InChI=1S/C13H20O4/c1-3-5-12(14)16-10-7-8-11(9-10)17-13(15)6-4-2/h7-8,10-11H,3-6,9H2,1-2H3. The van der Waals surface area contributed by atoms with Gasteiger partial charge in [0.2, 0.25) is 0 Å². The zero-order chi connectivity index (χ0) is 12.7. The van der Waals surface area contributed by atoms with E-state index in [1.54, 1.807) is 12.2 Å². The van der Waals surface area contributed by atoms with E-state index in [1.165, 1.54) is 0 Å². The molecule has 0 N–H and O–H groups in total. The average molecular weight is 240 g/mol. The zero-order valence-electron chi connectivity index (χ0n) is 10.5. The summed E-state index contributed by atoms with van der Waals surface area (Å²) in [5, 5.41) is 0. The third-order valence-electron chi connectivity index (χ3n) is 2.48. The summed E-state index contributed by atoms with van der Waals surface area (Å²) in [5.41, 5.74) is 0. The second-order valence-electron chi connectivity index (χ2n) is 4.18. The van der Waals surface area contributed by atoms with Gasteiger partial charge in [-0.3, -0.25) is 9.59 Å². The molecule has 4 nitrogen and oxygen atoms in total. The van der Waals surface area contributed by atoms with Gasteiger partial charge in [0.25, 0.3) is 0 Å². The largest absolute Gasteiger partial charge is 0.458 e. The van der Waals surface area contributed by atoms with Gasteiger partial charge in [-0.1, -0.05) is 13.8 Å². The summed E-state index contributed by atoms with van der Waals surface area (Å²) in [6.07, 6.45) is 6.07. The topological polar surface area (TPSA) is 52.6 Å². The molecule has 0 aromatic carbocycles. The Morgan fingerprint density at radius 2 is 1.41 bits per heavy atom. The van der Waals surface area contributed by atoms with Crippen LogP contribution in [0.3, 0.4) is 0 Å². The number of carbonyl (C=O) groups is 2. The molecule has 0 bridgehead atoms. The number of carbonyl (C=O) groups excluding carboxylic acids is 2. The van der Waals surface area contributed by atoms with Gasteiger partial charge in [0, 0.05) is 19.3 Å². The molecular weight excluding hydrogens is 220 g/mol. The van der Waals surface area contributed by atoms with Gasteiger partial charge in [0.15, 0.2) is 0 Å². The molecule has 0 amide bonds. The highest BCUT2D eigenvalue weighted by atomic mass is 16.6. The molecule has 17 heavy (non-hydrogen) atoms. The summed E-state index contributed by atoms with van der Waals surface area (Å²) in [5.74, 6) is -0.384. The van der Waals surface area contributed by atoms with Crippen molar-refractivity contribution in [1.82, 2.24) is 0 Å². The van der Waals surface area contributed by atoms with Crippen LogP contribution >= 0.6 is 0 Å². The molecule has 1 rings (SSSR count). The molecular formula is C13H20O4. The number of hydrogen-bond donors (Lipinski definition) is 0. The molecule has 0 fully saturated rings. The fraction of sp³-hybridized carbons (Fsp3) is 0.692. The minimum atomic E-state index is -0.242. The van der Waals surface area contributed by atoms with Gasteiger partial charge in [0.05, 0.1) is 0 Å². The van der Waals surface area contributed by atoms with E-state index in [9.17, 15) is 9.59 Å². The first-order valence-electron chi connectivity index (χ1n) is 6.23. The van der Waals surface area contributed by atoms with Crippen LogP contribution in [-0.2, 0) is 19.1 Å². The van der Waals surface area contributed by atoms with Crippen molar-refractivity contribution < 1.29 is 19.1 Å². The fourth-order valence-electron chi connectivity index (χ4n) is 1.67. The van der Waals surface area contributed by atoms with E-state index < -0.39 is 0 Å². The molecule has 0 aliphatic heterocycles. The highest BCUT2D eigenvalue weighted by molar-refractivity contribution is 5.70. The fourth-order valence-corrected chi connectivity index (χ4v) is 1.67. The van der Waals surface area contributed by atoms with Crippen molar-refractivity contribution in [2.45, 2.75) is 58.2 Å². The summed E-state index contributed by atoms with van der Waals surface area (Å²) in [6.45, 7) is 3.86. The highest BCUT2D eigenvalue weighted by Gasteiger charge is 2.24. The van der Waals surface area contributed by atoms with Gasteiger partial charge in [-0.15, -0.1) is 0 Å². The van der Waals surface area contributed by atoms with Crippen molar-refractivity contribution in [2.24, 2.45) is 0 Å². The minimum absolute atomic E-state index is 0.192. The molecule has 0 heterocycles. The van der Waals surface area contributed by atoms with Gasteiger partial charge < -0.3 is 9.47 Å². The van der Waals surface area contributed by atoms with Crippen LogP contribution in [0.15, 0.2) is 12.2 Å². The van der Waals surface area contributed by atoms with E-state index in [0.717, 1.165) is 12.8 Å². The maximum atomic E-state index is 11.3. The van der Waals surface area contributed by atoms with Crippen molar-refractivity contribution in [1.29, 1.82) is 0 Å². The predicted molar refractivity (Wildman–Crippen MR) is 63.3 cm³/mol. The summed E-state index contributed by atoms with van der Waals surface area (Å²) in [4.78, 5) is 22.5. The van der Waals surface area contributed by atoms with Gasteiger partial charge in [0.1, 0.15) is 12.2 Å². The maximum absolute atomic E-state index is 11.3. The summed E-state index contributed by atoms with van der Waals surface area (Å²) in [7, 11) is 0. The first kappa shape index (κ1) is 13.7. The number of esters is 2. The molecule has 96 valence electrons. The Morgan fingerprint density at radius 3 is 1.76 bits per heavy atom. The Hall–Kier alpha value is -1.32. The van der Waals surface area contributed by atoms with E-state index in [0.29, 0.717) is 19.3 Å². The lowest BCUT2D eigenvalue weighted by Gasteiger charge is -2.13. The van der Waals surface area contributed by atoms with E-state index in [-0.39, 0.29) is 24.1 Å². The Labute approximate surface area is 102 Å². The number of rotatable bonds is 6. The maximum Gasteiger partial charge on any atom is 0.306 e. The molecule has 4 heteroatoms. The Balaban J connectivity index is 2.26. The molecule has 0 saturated carbocycles. The molecule has 1 aliphatic carbocycles. The average Bonchev–Trinajstić information content (AvgIpc) is 2.66. The molecule has 2 atom stereocenters. The summed E-state index contributed by atoms with van der Waals surface area (Å²) in [6, 6.07) is 0. The first-order valence-corrected chi connectivity index (χ1v) is 6.23. The summed E-state index contributed by atoms with van der Waals surface area (Å²) >= 11 is 0. The van der Waals surface area contributed by atoms with Crippen LogP contribution in [0, 0.1) is 0 Å². The van der Waals surface area contributed by atoms with Crippen LogP contribution in [0.4, 0.5) is 0 Å². The van der Waals surface area contributed by atoms with Crippen LogP contribution in [0.25, 0.3) is 0 Å². The van der Waals surface area contributed by atoms with E-state index in [2.05, 4.69) is 0 Å². The van der Waals surface area contributed by atoms with Crippen molar-refractivity contribution in [2.75, 3.05) is 0 Å². The molecule has 1 aliphatic rings. The van der Waals surface area contributed by atoms with Gasteiger partial charge >= 0.3 is 11.9 Å². The Bertz CT molecular complexity index is 268. The van der Waals surface area contributed by atoms with Gasteiger partial charge in [-0.2, -0.15) is 0 Å². The smallest absolute Gasteiger partial charge is 0.306 e. The van der Waals surface area contributed by atoms with Gasteiger partial charge in [-0.25, -0.2) is 0 Å². The molecule has 0 aromatic heterocycles. The predicted octanol–water partition coefficient (Wildman–Crippen LogP) is 2.37. The normalized spacial score (nSPS) is 22.5. The van der Waals surface area contributed by atoms with Crippen molar-refractivity contribution >= 4 is 11.9 Å². The quantitative estimate of drug-likeness (QED) is 0.528. The number of ether oxygens (including phenoxy) is 2. The zero-order valence-corrected chi connectivity index (χ0v) is 10.5. The SMILES string of the molecule is CCCC(=O)OC1C=CC(OC(=O)CCC)C1. The lowest BCUT2D eigenvalue weighted by atomic mass is 10.2. The van der Waals surface area contributed by atoms with Crippen molar-refractivity contribution in [3.05, 3.63) is 12.2 Å². The lowest BCUT2D eigenvalue weighted by molar-refractivity contribution is -0.150. The van der Waals surface area contributed by atoms with Crippen molar-refractivity contribution in [3.8, 4) is 0 Å². The van der Waals surface area contributed by atoms with Gasteiger partial charge in [-0.05, 0) is 25.0 Å². The van der Waals surface area contributed by atoms with E-state index in [1.807, 2.05) is 13.8 Å². The van der Waals surface area contributed by atoms with Crippen molar-refractivity contribution in [3.63, 3.8) is 0 Å². The Morgan fingerprint density at radius 1 is 1.00 bits per heavy atom. The molecule has 0 spiro atoms. The minimum Gasteiger partial charge on any atom is -0.458 e. The first-order chi connectivity index (χ1) is 8.15. The molecule has 0 aromatic rings. The second-order valence-corrected chi connectivity index (χ2v) is 4.18. The third kappa shape index (κ3) is 5.02. The van der Waals surface area contributed by atoms with Crippen LogP contribution in [0.5, 0.6) is 0 Å². The van der Waals surface area contributed by atoms with Crippen LogP contribution < -0.4 is 0 Å². The van der Waals surface area contributed by atoms with Crippen LogP contribution in [-0.4, -0.2) is 24.1 Å². The van der Waals surface area contributed by atoms with Crippen LogP contribution in [0.1, 0.15) is 46.0 Å². The van der Waals surface area contributed by atoms with Crippen LogP contribution in [0.2, 0.25) is 0 Å². The molecule has 0 saturated heterocycles. The Kier molecular flexibility index (Phi) is 5.73. The summed E-state index contributed by atoms with van der Waals surface area (Å²) < 4.78 is 10.4. The second kappa shape index (κ2) is 7.09. The highest BCUT2D eigenvalue weighted by Crippen LogP contribution is 2.18. The third-order valence-corrected chi connectivity index (χ3v) is 2.48. The number of hydrogen-bond acceptors (Lipinski definition) is 4.